The SMILES string of the molecule is CS(=O)(=O)NCCCNCc1ccsc1C(=O)O. The van der Waals surface area contributed by atoms with Gasteiger partial charge in [-0.2, -0.15) is 0 Å². The lowest BCUT2D eigenvalue weighted by molar-refractivity contribution is 0.0701. The summed E-state index contributed by atoms with van der Waals surface area (Å²) in [6.07, 6.45) is 1.77. The second kappa shape index (κ2) is 6.83. The molecule has 18 heavy (non-hydrogen) atoms. The highest BCUT2D eigenvalue weighted by Crippen LogP contribution is 2.16. The number of sulfonamides is 1. The molecule has 1 aromatic heterocycles. The summed E-state index contributed by atoms with van der Waals surface area (Å²) in [6.45, 7) is 1.47. The molecule has 0 aliphatic carbocycles. The number of carbonyl (C=O) groups is 1. The van der Waals surface area contributed by atoms with Crippen LogP contribution in [-0.2, 0) is 16.6 Å². The third kappa shape index (κ3) is 5.58. The molecule has 0 aliphatic rings. The van der Waals surface area contributed by atoms with Crippen molar-refractivity contribution in [3.8, 4) is 0 Å². The van der Waals surface area contributed by atoms with Crippen LogP contribution in [0.15, 0.2) is 11.4 Å². The Kier molecular flexibility index (Phi) is 5.73. The van der Waals surface area contributed by atoms with Gasteiger partial charge < -0.3 is 10.4 Å². The minimum absolute atomic E-state index is 0.344. The zero-order chi connectivity index (χ0) is 13.6. The number of aromatic carboxylic acids is 1. The van der Waals surface area contributed by atoms with Crippen molar-refractivity contribution in [2.45, 2.75) is 13.0 Å². The number of hydrogen-bond donors (Lipinski definition) is 3. The fraction of sp³-hybridized carbons (Fsp3) is 0.500. The molecular formula is C10H16N2O4S2. The fourth-order valence-corrected chi connectivity index (χ4v) is 2.63. The average Bonchev–Trinajstić information content (AvgIpc) is 2.69. The van der Waals surface area contributed by atoms with Crippen molar-refractivity contribution in [2.75, 3.05) is 19.3 Å². The van der Waals surface area contributed by atoms with Crippen molar-refractivity contribution in [1.82, 2.24) is 10.0 Å². The number of rotatable bonds is 8. The van der Waals surface area contributed by atoms with Crippen molar-refractivity contribution in [3.63, 3.8) is 0 Å². The van der Waals surface area contributed by atoms with Crippen LogP contribution >= 0.6 is 11.3 Å². The second-order valence-electron chi connectivity index (χ2n) is 3.78. The van der Waals surface area contributed by atoms with E-state index in [4.69, 9.17) is 5.11 Å². The van der Waals surface area contributed by atoms with Gasteiger partial charge in [-0.25, -0.2) is 17.9 Å². The van der Waals surface area contributed by atoms with Gasteiger partial charge in [0.15, 0.2) is 0 Å². The lowest BCUT2D eigenvalue weighted by Crippen LogP contribution is -2.26. The monoisotopic (exact) mass is 292 g/mol. The minimum Gasteiger partial charge on any atom is -0.477 e. The minimum atomic E-state index is -3.13. The van der Waals surface area contributed by atoms with E-state index in [9.17, 15) is 13.2 Å². The van der Waals surface area contributed by atoms with Gasteiger partial charge in [-0.05, 0) is 30.0 Å². The number of nitrogens with one attached hydrogen (secondary N) is 2. The fourth-order valence-electron chi connectivity index (χ4n) is 1.36. The Labute approximate surface area is 110 Å². The van der Waals surface area contributed by atoms with Crippen LogP contribution in [0.3, 0.4) is 0 Å². The van der Waals surface area contributed by atoms with Crippen LogP contribution in [-0.4, -0.2) is 38.8 Å². The van der Waals surface area contributed by atoms with Crippen molar-refractivity contribution in [3.05, 3.63) is 21.9 Å². The number of carboxylic acids is 1. The molecule has 0 amide bonds. The van der Waals surface area contributed by atoms with Crippen molar-refractivity contribution >= 4 is 27.3 Å². The molecule has 3 N–H and O–H groups in total. The highest BCUT2D eigenvalue weighted by atomic mass is 32.2. The summed E-state index contributed by atoms with van der Waals surface area (Å²) in [4.78, 5) is 11.2. The van der Waals surface area contributed by atoms with E-state index in [0.29, 0.717) is 30.9 Å². The predicted octanol–water partition coefficient (Wildman–Crippen LogP) is 0.475. The molecule has 0 atom stereocenters. The molecule has 1 rings (SSSR count). The first-order valence-corrected chi connectivity index (χ1v) is 8.12. The van der Waals surface area contributed by atoms with E-state index in [0.717, 1.165) is 11.8 Å². The van der Waals surface area contributed by atoms with Crippen LogP contribution in [0.1, 0.15) is 21.7 Å². The van der Waals surface area contributed by atoms with Gasteiger partial charge >= 0.3 is 5.97 Å². The third-order valence-electron chi connectivity index (χ3n) is 2.15. The molecule has 1 heterocycles. The van der Waals surface area contributed by atoms with E-state index in [2.05, 4.69) is 10.0 Å². The van der Waals surface area contributed by atoms with E-state index < -0.39 is 16.0 Å². The smallest absolute Gasteiger partial charge is 0.346 e. The van der Waals surface area contributed by atoms with Gasteiger partial charge in [0, 0.05) is 13.1 Å². The molecular weight excluding hydrogens is 276 g/mol. The predicted molar refractivity (Wildman–Crippen MR) is 70.4 cm³/mol. The molecule has 0 radical (unpaired) electrons. The van der Waals surface area contributed by atoms with E-state index in [1.807, 2.05) is 0 Å². The molecule has 102 valence electrons. The average molecular weight is 292 g/mol. The Hall–Kier alpha value is -0.960. The zero-order valence-electron chi connectivity index (χ0n) is 9.97. The van der Waals surface area contributed by atoms with Crippen molar-refractivity contribution < 1.29 is 18.3 Å². The molecule has 0 spiro atoms. The zero-order valence-corrected chi connectivity index (χ0v) is 11.6. The molecule has 0 fully saturated rings. The Bertz CT molecular complexity index is 496. The molecule has 0 saturated heterocycles. The highest BCUT2D eigenvalue weighted by molar-refractivity contribution is 7.88. The summed E-state index contributed by atoms with van der Waals surface area (Å²) in [6, 6.07) is 1.77. The maximum atomic E-state index is 10.8. The van der Waals surface area contributed by atoms with E-state index in [1.54, 1.807) is 11.4 Å². The van der Waals surface area contributed by atoms with Gasteiger partial charge in [0.2, 0.25) is 10.0 Å². The van der Waals surface area contributed by atoms with Crippen LogP contribution in [0.2, 0.25) is 0 Å². The molecule has 0 bridgehead atoms. The lowest BCUT2D eigenvalue weighted by atomic mass is 10.2. The normalized spacial score (nSPS) is 11.6. The van der Waals surface area contributed by atoms with Crippen molar-refractivity contribution in [1.29, 1.82) is 0 Å². The van der Waals surface area contributed by atoms with Gasteiger partial charge in [0.05, 0.1) is 6.26 Å². The summed E-state index contributed by atoms with van der Waals surface area (Å²) in [5, 5.41) is 13.7. The maximum Gasteiger partial charge on any atom is 0.346 e. The first-order valence-electron chi connectivity index (χ1n) is 5.35. The van der Waals surface area contributed by atoms with E-state index in [-0.39, 0.29) is 0 Å². The molecule has 0 aliphatic heterocycles. The Morgan fingerprint density at radius 1 is 1.44 bits per heavy atom. The maximum absolute atomic E-state index is 10.8. The number of thiophene rings is 1. The molecule has 1 aromatic rings. The summed E-state index contributed by atoms with van der Waals surface area (Å²) in [7, 11) is -3.13. The van der Waals surface area contributed by atoms with E-state index >= 15 is 0 Å². The van der Waals surface area contributed by atoms with Crippen LogP contribution in [0, 0.1) is 0 Å². The quantitative estimate of drug-likeness (QED) is 0.606. The standard InChI is InChI=1S/C10H16N2O4S2/c1-18(15,16)12-5-2-4-11-7-8-3-6-17-9(8)10(13)14/h3,6,11-12H,2,4-5,7H2,1H3,(H,13,14). The second-order valence-corrected chi connectivity index (χ2v) is 6.53. The first-order chi connectivity index (χ1) is 8.40. The summed E-state index contributed by atoms with van der Waals surface area (Å²) in [5.74, 6) is -0.916. The third-order valence-corrected chi connectivity index (χ3v) is 3.82. The first kappa shape index (κ1) is 15.1. The Morgan fingerprint density at radius 2 is 2.17 bits per heavy atom. The van der Waals surface area contributed by atoms with Crippen LogP contribution in [0.4, 0.5) is 0 Å². The molecule has 8 heteroatoms. The van der Waals surface area contributed by atoms with Gasteiger partial charge in [-0.1, -0.05) is 0 Å². The summed E-state index contributed by atoms with van der Waals surface area (Å²) >= 11 is 1.20. The summed E-state index contributed by atoms with van der Waals surface area (Å²) < 4.78 is 23.9. The molecule has 0 unspecified atom stereocenters. The Balaban J connectivity index is 2.22. The topological polar surface area (TPSA) is 95.5 Å². The molecule has 6 nitrogen and oxygen atoms in total. The van der Waals surface area contributed by atoms with Crippen LogP contribution in [0.25, 0.3) is 0 Å². The van der Waals surface area contributed by atoms with Gasteiger partial charge in [0.1, 0.15) is 4.88 Å². The van der Waals surface area contributed by atoms with Crippen molar-refractivity contribution in [2.24, 2.45) is 0 Å². The summed E-state index contributed by atoms with van der Waals surface area (Å²) in [5.41, 5.74) is 0.753. The van der Waals surface area contributed by atoms with Gasteiger partial charge in [-0.3, -0.25) is 0 Å². The van der Waals surface area contributed by atoms with Gasteiger partial charge in [-0.15, -0.1) is 11.3 Å². The van der Waals surface area contributed by atoms with Crippen LogP contribution < -0.4 is 10.0 Å². The van der Waals surface area contributed by atoms with E-state index in [1.165, 1.54) is 11.3 Å². The highest BCUT2D eigenvalue weighted by Gasteiger charge is 2.10. The van der Waals surface area contributed by atoms with Crippen LogP contribution in [0.5, 0.6) is 0 Å². The largest absolute Gasteiger partial charge is 0.477 e. The number of hydrogen-bond acceptors (Lipinski definition) is 5. The lowest BCUT2D eigenvalue weighted by Gasteiger charge is -2.05. The number of carboxylic acid groups (broad SMARTS) is 1. The molecule has 0 saturated carbocycles. The molecule has 0 aromatic carbocycles. The van der Waals surface area contributed by atoms with Gasteiger partial charge in [0.25, 0.3) is 0 Å². The Morgan fingerprint density at radius 3 is 2.78 bits per heavy atom.